The van der Waals surface area contributed by atoms with Gasteiger partial charge in [-0.2, -0.15) is 4.99 Å². The highest BCUT2D eigenvalue weighted by molar-refractivity contribution is 6.01. The van der Waals surface area contributed by atoms with Gasteiger partial charge in [0.2, 0.25) is 0 Å². The zero-order valence-corrected chi connectivity index (χ0v) is 13.0. The van der Waals surface area contributed by atoms with Gasteiger partial charge in [0.1, 0.15) is 0 Å². The molecule has 0 unspecified atom stereocenters. The predicted octanol–water partition coefficient (Wildman–Crippen LogP) is 3.26. The third-order valence-corrected chi connectivity index (χ3v) is 2.84. The van der Waals surface area contributed by atoms with Gasteiger partial charge in [-0.1, -0.05) is 17.7 Å². The van der Waals surface area contributed by atoms with E-state index < -0.39 is 0 Å². The molecule has 0 atom stereocenters. The number of ether oxygens (including phenoxy) is 1. The van der Waals surface area contributed by atoms with E-state index in [1.165, 1.54) is 0 Å². The highest BCUT2D eigenvalue weighted by Gasteiger charge is 2.14. The molecule has 4 heteroatoms. The topological polar surface area (TPSA) is 41.9 Å². The number of aryl methyl sites for hydroxylation is 1. The van der Waals surface area contributed by atoms with E-state index in [9.17, 15) is 4.79 Å². The highest BCUT2D eigenvalue weighted by atomic mass is 16.5. The first-order chi connectivity index (χ1) is 9.47. The number of carbonyl (C=O) groups excluding carboxylic acids is 1. The van der Waals surface area contributed by atoms with Gasteiger partial charge in [0, 0.05) is 18.7 Å². The fourth-order valence-electron chi connectivity index (χ4n) is 1.81. The number of amidine groups is 1. The Morgan fingerprint density at radius 2 is 1.95 bits per heavy atom. The molecule has 0 aliphatic heterocycles. The van der Waals surface area contributed by atoms with E-state index in [0.29, 0.717) is 11.6 Å². The van der Waals surface area contributed by atoms with Crippen LogP contribution in [0.2, 0.25) is 0 Å². The molecule has 0 aliphatic carbocycles. The number of hydrogen-bond donors (Lipinski definition) is 0. The molecule has 0 fully saturated rings. The van der Waals surface area contributed by atoms with Gasteiger partial charge in [0.05, 0.1) is 6.10 Å². The van der Waals surface area contributed by atoms with Crippen LogP contribution in [-0.4, -0.2) is 36.0 Å². The maximum absolute atomic E-state index is 12.2. The number of aliphatic imine (C=N–C) groups is 1. The molecule has 1 aromatic carbocycles. The minimum atomic E-state index is -0.267. The van der Waals surface area contributed by atoms with Gasteiger partial charge in [-0.3, -0.25) is 4.79 Å². The van der Waals surface area contributed by atoms with Crippen LogP contribution in [-0.2, 0) is 4.74 Å². The molecule has 0 spiro atoms. The zero-order valence-electron chi connectivity index (χ0n) is 13.0. The quantitative estimate of drug-likeness (QED) is 0.626. The number of benzene rings is 1. The smallest absolute Gasteiger partial charge is 0.295 e. The summed E-state index contributed by atoms with van der Waals surface area (Å²) in [7, 11) is 0. The summed E-state index contributed by atoms with van der Waals surface area (Å²) in [5.41, 5.74) is 1.63. The average Bonchev–Trinajstić information content (AvgIpc) is 2.39. The number of hydrogen-bond acceptors (Lipinski definition) is 2. The van der Waals surface area contributed by atoms with Crippen molar-refractivity contribution in [2.75, 3.05) is 13.1 Å². The summed E-state index contributed by atoms with van der Waals surface area (Å²) < 4.78 is 5.67. The Kier molecular flexibility index (Phi) is 6.22. The lowest BCUT2D eigenvalue weighted by atomic mass is 10.1. The number of nitrogens with zero attached hydrogens (tertiary/aromatic N) is 2. The van der Waals surface area contributed by atoms with E-state index >= 15 is 0 Å². The molecule has 110 valence electrons. The van der Waals surface area contributed by atoms with Crippen LogP contribution in [0.3, 0.4) is 0 Å². The van der Waals surface area contributed by atoms with Crippen molar-refractivity contribution in [3.63, 3.8) is 0 Å². The van der Waals surface area contributed by atoms with Crippen molar-refractivity contribution in [1.29, 1.82) is 0 Å². The number of carbonyl (C=O) groups is 1. The van der Waals surface area contributed by atoms with Gasteiger partial charge in [-0.25, -0.2) is 0 Å². The second kappa shape index (κ2) is 7.68. The van der Waals surface area contributed by atoms with Crippen LogP contribution in [0, 0.1) is 6.92 Å². The van der Waals surface area contributed by atoms with Crippen molar-refractivity contribution in [3.05, 3.63) is 35.4 Å². The summed E-state index contributed by atoms with van der Waals surface area (Å²) in [5, 5.41) is 0. The Morgan fingerprint density at radius 3 is 2.45 bits per heavy atom. The lowest BCUT2D eigenvalue weighted by molar-refractivity contribution is 0.0989. The molecule has 1 rings (SSSR count). The first-order valence-corrected chi connectivity index (χ1v) is 7.09. The van der Waals surface area contributed by atoms with Crippen molar-refractivity contribution < 1.29 is 9.53 Å². The standard InChI is InChI=1S/C16H24N2O2/c1-6-18(7-2)16(20-12(3)4)17-15(19)14-10-8-9-13(5)11-14/h8-12H,6-7H2,1-5H3. The minimum Gasteiger partial charge on any atom is -0.462 e. The van der Waals surface area contributed by atoms with E-state index in [-0.39, 0.29) is 12.0 Å². The summed E-state index contributed by atoms with van der Waals surface area (Å²) in [6.45, 7) is 11.3. The third kappa shape index (κ3) is 4.68. The largest absolute Gasteiger partial charge is 0.462 e. The van der Waals surface area contributed by atoms with Gasteiger partial charge < -0.3 is 9.64 Å². The van der Waals surface area contributed by atoms with Crippen LogP contribution in [0.15, 0.2) is 29.3 Å². The fourth-order valence-corrected chi connectivity index (χ4v) is 1.81. The van der Waals surface area contributed by atoms with Gasteiger partial charge in [0.15, 0.2) is 0 Å². The third-order valence-electron chi connectivity index (χ3n) is 2.84. The van der Waals surface area contributed by atoms with Crippen molar-refractivity contribution in [1.82, 2.24) is 4.90 Å². The maximum atomic E-state index is 12.2. The molecule has 0 bridgehead atoms. The second-order valence-corrected chi connectivity index (χ2v) is 4.91. The molecule has 0 N–H and O–H groups in total. The highest BCUT2D eigenvalue weighted by Crippen LogP contribution is 2.07. The van der Waals surface area contributed by atoms with Crippen LogP contribution in [0.4, 0.5) is 0 Å². The SMILES string of the molecule is CCN(CC)C(=NC(=O)c1cccc(C)c1)OC(C)C. The van der Waals surface area contributed by atoms with Crippen molar-refractivity contribution in [2.45, 2.75) is 40.7 Å². The first kappa shape index (κ1) is 16.2. The summed E-state index contributed by atoms with van der Waals surface area (Å²) in [6.07, 6.45) is -0.0142. The molecule has 0 aromatic heterocycles. The molecule has 20 heavy (non-hydrogen) atoms. The Bertz CT molecular complexity index is 477. The lowest BCUT2D eigenvalue weighted by Gasteiger charge is -2.23. The Morgan fingerprint density at radius 1 is 1.30 bits per heavy atom. The van der Waals surface area contributed by atoms with Crippen LogP contribution >= 0.6 is 0 Å². The molecular formula is C16H24N2O2. The first-order valence-electron chi connectivity index (χ1n) is 7.09. The summed E-state index contributed by atoms with van der Waals surface area (Å²) >= 11 is 0. The molecule has 1 amide bonds. The molecule has 0 aliphatic rings. The molecule has 0 saturated heterocycles. The van der Waals surface area contributed by atoms with Gasteiger partial charge in [0.25, 0.3) is 11.9 Å². The van der Waals surface area contributed by atoms with E-state index in [2.05, 4.69) is 4.99 Å². The van der Waals surface area contributed by atoms with Gasteiger partial charge in [-0.15, -0.1) is 0 Å². The normalized spacial score (nSPS) is 11.6. The predicted molar refractivity (Wildman–Crippen MR) is 82.1 cm³/mol. The summed E-state index contributed by atoms with van der Waals surface area (Å²) in [4.78, 5) is 18.3. The van der Waals surface area contributed by atoms with Crippen LogP contribution < -0.4 is 0 Å². The number of amides is 1. The summed E-state index contributed by atoms with van der Waals surface area (Å²) in [5.74, 6) is -0.267. The summed E-state index contributed by atoms with van der Waals surface area (Å²) in [6, 6.07) is 7.82. The Hall–Kier alpha value is -1.84. The van der Waals surface area contributed by atoms with Crippen molar-refractivity contribution >= 4 is 11.9 Å². The lowest BCUT2D eigenvalue weighted by Crippen LogP contribution is -2.35. The van der Waals surface area contributed by atoms with E-state index in [0.717, 1.165) is 18.7 Å². The molecule has 0 radical (unpaired) electrons. The van der Waals surface area contributed by atoms with Crippen LogP contribution in [0.5, 0.6) is 0 Å². The number of rotatable bonds is 4. The molecule has 4 nitrogen and oxygen atoms in total. The van der Waals surface area contributed by atoms with Gasteiger partial charge >= 0.3 is 0 Å². The Balaban J connectivity index is 3.02. The zero-order chi connectivity index (χ0) is 15.1. The second-order valence-electron chi connectivity index (χ2n) is 4.91. The van der Waals surface area contributed by atoms with Crippen molar-refractivity contribution in [2.24, 2.45) is 4.99 Å². The van der Waals surface area contributed by atoms with Crippen LogP contribution in [0.1, 0.15) is 43.6 Å². The fraction of sp³-hybridized carbons (Fsp3) is 0.500. The molecule has 1 aromatic rings. The van der Waals surface area contributed by atoms with Gasteiger partial charge in [-0.05, 0) is 46.8 Å². The van der Waals surface area contributed by atoms with E-state index in [1.54, 1.807) is 6.07 Å². The van der Waals surface area contributed by atoms with E-state index in [4.69, 9.17) is 4.74 Å². The molecule has 0 heterocycles. The van der Waals surface area contributed by atoms with Crippen molar-refractivity contribution in [3.8, 4) is 0 Å². The van der Waals surface area contributed by atoms with E-state index in [1.807, 2.05) is 57.7 Å². The Labute approximate surface area is 121 Å². The maximum Gasteiger partial charge on any atom is 0.295 e. The molecule has 0 saturated carbocycles. The minimum absolute atomic E-state index is 0.0142. The molecular weight excluding hydrogens is 252 g/mol. The monoisotopic (exact) mass is 276 g/mol. The van der Waals surface area contributed by atoms with Crippen LogP contribution in [0.25, 0.3) is 0 Å². The average molecular weight is 276 g/mol.